The van der Waals surface area contributed by atoms with E-state index >= 15 is 0 Å². The van der Waals surface area contributed by atoms with Gasteiger partial charge in [0.1, 0.15) is 12.4 Å². The maximum Gasteiger partial charge on any atom is 0.409 e. The van der Waals surface area contributed by atoms with Crippen molar-refractivity contribution in [1.82, 2.24) is 19.8 Å². The van der Waals surface area contributed by atoms with Gasteiger partial charge in [-0.05, 0) is 44.4 Å². The summed E-state index contributed by atoms with van der Waals surface area (Å²) in [6, 6.07) is 10.2. The Balaban J connectivity index is 1.27. The molecule has 3 heterocycles. The molecule has 1 N–H and O–H groups in total. The smallest absolute Gasteiger partial charge is 0.409 e. The van der Waals surface area contributed by atoms with Gasteiger partial charge in [0.25, 0.3) is 0 Å². The standard InChI is InChI=1S/C26H39N5O3/c1-3-4-12-27-25-23(9-6-13-28-25)21-30-14-16-31(17-15-30)26(32)34-20-19-33-18-7-11-24-10-5-8-22(2)29-24/h5-6,8-10,13H,3-4,7,11-12,14-21H2,1-2H3,(H,27,28). The number of piperazine rings is 1. The molecule has 0 radical (unpaired) electrons. The normalized spacial score (nSPS) is 14.2. The molecule has 8 heteroatoms. The third-order valence-corrected chi connectivity index (χ3v) is 5.86. The molecule has 0 aliphatic carbocycles. The van der Waals surface area contributed by atoms with E-state index < -0.39 is 0 Å². The van der Waals surface area contributed by atoms with Crippen LogP contribution in [0, 0.1) is 6.92 Å². The van der Waals surface area contributed by atoms with Crippen LogP contribution in [-0.4, -0.2) is 78.4 Å². The van der Waals surface area contributed by atoms with E-state index in [9.17, 15) is 4.79 Å². The first-order valence-electron chi connectivity index (χ1n) is 12.5. The van der Waals surface area contributed by atoms with Crippen molar-refractivity contribution in [2.75, 3.05) is 57.9 Å². The zero-order chi connectivity index (χ0) is 24.0. The minimum absolute atomic E-state index is 0.254. The van der Waals surface area contributed by atoms with E-state index in [0.717, 1.165) is 69.1 Å². The molecule has 1 saturated heterocycles. The molecular weight excluding hydrogens is 430 g/mol. The number of aromatic nitrogens is 2. The van der Waals surface area contributed by atoms with Gasteiger partial charge in [0.2, 0.25) is 0 Å². The van der Waals surface area contributed by atoms with Crippen molar-refractivity contribution in [3.63, 3.8) is 0 Å². The van der Waals surface area contributed by atoms with Gasteiger partial charge in [-0.1, -0.05) is 25.5 Å². The van der Waals surface area contributed by atoms with Crippen molar-refractivity contribution in [3.8, 4) is 0 Å². The average Bonchev–Trinajstić information content (AvgIpc) is 2.85. The molecule has 1 aliphatic heterocycles. The van der Waals surface area contributed by atoms with Crippen molar-refractivity contribution in [3.05, 3.63) is 53.5 Å². The summed E-state index contributed by atoms with van der Waals surface area (Å²) in [6.07, 6.45) is 5.66. The number of hydrogen-bond acceptors (Lipinski definition) is 7. The Morgan fingerprint density at radius 1 is 1.06 bits per heavy atom. The zero-order valence-electron chi connectivity index (χ0n) is 20.7. The monoisotopic (exact) mass is 469 g/mol. The second-order valence-electron chi connectivity index (χ2n) is 8.66. The number of carbonyl (C=O) groups excluding carboxylic acids is 1. The highest BCUT2D eigenvalue weighted by molar-refractivity contribution is 5.67. The van der Waals surface area contributed by atoms with Crippen LogP contribution in [0.5, 0.6) is 0 Å². The number of nitrogens with one attached hydrogen (secondary N) is 1. The van der Waals surface area contributed by atoms with Crippen LogP contribution in [0.2, 0.25) is 0 Å². The summed E-state index contributed by atoms with van der Waals surface area (Å²) >= 11 is 0. The van der Waals surface area contributed by atoms with Crippen LogP contribution in [0.3, 0.4) is 0 Å². The number of aryl methyl sites for hydroxylation is 2. The second-order valence-corrected chi connectivity index (χ2v) is 8.66. The van der Waals surface area contributed by atoms with E-state index in [-0.39, 0.29) is 12.7 Å². The maximum absolute atomic E-state index is 12.4. The molecule has 1 aliphatic rings. The first-order valence-corrected chi connectivity index (χ1v) is 12.5. The minimum Gasteiger partial charge on any atom is -0.447 e. The Labute approximate surface area is 203 Å². The van der Waals surface area contributed by atoms with Gasteiger partial charge in [0.05, 0.1) is 6.61 Å². The Kier molecular flexibility index (Phi) is 11.1. The molecule has 3 rings (SSSR count). The van der Waals surface area contributed by atoms with Crippen LogP contribution < -0.4 is 5.32 Å². The quantitative estimate of drug-likeness (QED) is 0.446. The lowest BCUT2D eigenvalue weighted by atomic mass is 10.2. The van der Waals surface area contributed by atoms with Gasteiger partial charge < -0.3 is 19.7 Å². The number of hydrogen-bond donors (Lipinski definition) is 1. The van der Waals surface area contributed by atoms with Gasteiger partial charge in [-0.25, -0.2) is 9.78 Å². The molecule has 0 atom stereocenters. The predicted molar refractivity (Wildman–Crippen MR) is 134 cm³/mol. The SMILES string of the molecule is CCCCNc1ncccc1CN1CCN(C(=O)OCCOCCCc2cccc(C)n2)CC1. The van der Waals surface area contributed by atoms with Gasteiger partial charge in [-0.15, -0.1) is 0 Å². The van der Waals surface area contributed by atoms with Crippen LogP contribution in [0.1, 0.15) is 43.1 Å². The van der Waals surface area contributed by atoms with E-state index in [0.29, 0.717) is 26.3 Å². The molecule has 2 aromatic rings. The number of unbranched alkanes of at least 4 members (excludes halogenated alkanes) is 1. The zero-order valence-corrected chi connectivity index (χ0v) is 20.7. The lowest BCUT2D eigenvalue weighted by molar-refractivity contribution is 0.0430. The highest BCUT2D eigenvalue weighted by atomic mass is 16.6. The highest BCUT2D eigenvalue weighted by Crippen LogP contribution is 2.16. The fraction of sp³-hybridized carbons (Fsp3) is 0.577. The Morgan fingerprint density at radius 3 is 2.71 bits per heavy atom. The Bertz CT molecular complexity index is 871. The summed E-state index contributed by atoms with van der Waals surface area (Å²) in [5, 5.41) is 3.45. The predicted octanol–water partition coefficient (Wildman–Crippen LogP) is 3.90. The Morgan fingerprint density at radius 2 is 1.91 bits per heavy atom. The molecular formula is C26H39N5O3. The van der Waals surface area contributed by atoms with Gasteiger partial charge in [0, 0.05) is 69.0 Å². The number of pyridine rings is 2. The molecule has 0 saturated carbocycles. The van der Waals surface area contributed by atoms with Gasteiger partial charge in [0.15, 0.2) is 0 Å². The third-order valence-electron chi connectivity index (χ3n) is 5.86. The topological polar surface area (TPSA) is 79.8 Å². The molecule has 186 valence electrons. The van der Waals surface area contributed by atoms with Crippen LogP contribution in [0.15, 0.2) is 36.5 Å². The van der Waals surface area contributed by atoms with Crippen LogP contribution in [0.4, 0.5) is 10.6 Å². The van der Waals surface area contributed by atoms with Crippen LogP contribution in [-0.2, 0) is 22.4 Å². The van der Waals surface area contributed by atoms with Crippen molar-refractivity contribution in [2.45, 2.75) is 46.1 Å². The van der Waals surface area contributed by atoms with Crippen molar-refractivity contribution < 1.29 is 14.3 Å². The number of rotatable bonds is 13. The van der Waals surface area contributed by atoms with Gasteiger partial charge in [-0.2, -0.15) is 0 Å². The number of carbonyl (C=O) groups is 1. The van der Waals surface area contributed by atoms with E-state index in [1.165, 1.54) is 5.56 Å². The molecule has 1 fully saturated rings. The molecule has 2 aromatic heterocycles. The van der Waals surface area contributed by atoms with E-state index in [1.54, 1.807) is 4.90 Å². The average molecular weight is 470 g/mol. The van der Waals surface area contributed by atoms with Crippen molar-refractivity contribution in [2.24, 2.45) is 0 Å². The van der Waals surface area contributed by atoms with Gasteiger partial charge >= 0.3 is 6.09 Å². The summed E-state index contributed by atoms with van der Waals surface area (Å²) in [4.78, 5) is 25.5. The fourth-order valence-corrected chi connectivity index (χ4v) is 3.91. The summed E-state index contributed by atoms with van der Waals surface area (Å²) in [6.45, 7) is 10.3. The molecule has 0 aromatic carbocycles. The second kappa shape index (κ2) is 14.5. The molecule has 1 amide bonds. The lowest BCUT2D eigenvalue weighted by Crippen LogP contribution is -2.48. The van der Waals surface area contributed by atoms with Crippen LogP contribution >= 0.6 is 0 Å². The van der Waals surface area contributed by atoms with Crippen molar-refractivity contribution >= 4 is 11.9 Å². The van der Waals surface area contributed by atoms with E-state index in [1.807, 2.05) is 37.4 Å². The molecule has 34 heavy (non-hydrogen) atoms. The first-order chi connectivity index (χ1) is 16.7. The summed E-state index contributed by atoms with van der Waals surface area (Å²) in [5.41, 5.74) is 3.32. The molecule has 8 nitrogen and oxygen atoms in total. The van der Waals surface area contributed by atoms with E-state index in [4.69, 9.17) is 9.47 Å². The fourth-order valence-electron chi connectivity index (χ4n) is 3.91. The molecule has 0 spiro atoms. The largest absolute Gasteiger partial charge is 0.447 e. The number of nitrogens with zero attached hydrogens (tertiary/aromatic N) is 4. The number of ether oxygens (including phenoxy) is 2. The third kappa shape index (κ3) is 8.91. The lowest BCUT2D eigenvalue weighted by Gasteiger charge is -2.34. The van der Waals surface area contributed by atoms with Gasteiger partial charge in [-0.3, -0.25) is 9.88 Å². The summed E-state index contributed by atoms with van der Waals surface area (Å²) < 4.78 is 11.0. The number of amides is 1. The Hall–Kier alpha value is -2.71. The highest BCUT2D eigenvalue weighted by Gasteiger charge is 2.22. The molecule has 0 unspecified atom stereocenters. The minimum atomic E-state index is -0.254. The number of anilines is 1. The van der Waals surface area contributed by atoms with Crippen LogP contribution in [0.25, 0.3) is 0 Å². The maximum atomic E-state index is 12.4. The summed E-state index contributed by atoms with van der Waals surface area (Å²) in [5.74, 6) is 0.966. The molecule has 0 bridgehead atoms. The van der Waals surface area contributed by atoms with Crippen molar-refractivity contribution in [1.29, 1.82) is 0 Å². The first kappa shape index (κ1) is 25.9. The van der Waals surface area contributed by atoms with E-state index in [2.05, 4.69) is 33.2 Å². The summed E-state index contributed by atoms with van der Waals surface area (Å²) in [7, 11) is 0.